The highest BCUT2D eigenvalue weighted by atomic mass is 16.6. The van der Waals surface area contributed by atoms with Crippen LogP contribution in [0.4, 0.5) is 0 Å². The Kier molecular flexibility index (Phi) is 7.26. The lowest BCUT2D eigenvalue weighted by Crippen LogP contribution is -2.62. The number of Topliss-reactive ketones (excluding diaryl/α,β-unsaturated/α-hetero) is 1. The summed E-state index contributed by atoms with van der Waals surface area (Å²) in [4.78, 5) is 39.3. The number of likely N-dealkylation sites (N-methyl/N-ethyl adjacent to an activating group) is 1. The van der Waals surface area contributed by atoms with Crippen molar-refractivity contribution in [2.45, 2.75) is 64.6 Å². The highest BCUT2D eigenvalue weighted by molar-refractivity contribution is 5.88. The molecule has 3 aliphatic rings. The highest BCUT2D eigenvalue weighted by Crippen LogP contribution is 2.56. The third-order valence-corrected chi connectivity index (χ3v) is 7.70. The van der Waals surface area contributed by atoms with Gasteiger partial charge in [-0.1, -0.05) is 12.5 Å². The largest absolute Gasteiger partial charge is 0.461 e. The van der Waals surface area contributed by atoms with Gasteiger partial charge in [0.15, 0.2) is 5.78 Å². The van der Waals surface area contributed by atoms with Gasteiger partial charge in [0.25, 0.3) is 0 Å². The average molecular weight is 436 g/mol. The summed E-state index contributed by atoms with van der Waals surface area (Å²) in [7, 11) is 3.83. The number of carbonyl (C=O) groups excluding carboxylic acids is 3. The molecule has 7 atom stereocenters. The molecule has 0 saturated heterocycles. The van der Waals surface area contributed by atoms with Crippen molar-refractivity contribution in [1.29, 1.82) is 0 Å². The lowest BCUT2D eigenvalue weighted by atomic mass is 9.50. The fraction of sp³-hybridized carbons (Fsp3) is 0.792. The van der Waals surface area contributed by atoms with Gasteiger partial charge in [-0.05, 0) is 70.9 Å². The number of nitrogens with zero attached hydrogens (tertiary/aromatic N) is 1. The van der Waals surface area contributed by atoms with Crippen molar-refractivity contribution in [3.8, 4) is 0 Å². The van der Waals surface area contributed by atoms with E-state index in [0.717, 1.165) is 31.3 Å². The zero-order valence-electron chi connectivity index (χ0n) is 19.4. The first-order chi connectivity index (χ1) is 14.5. The first-order valence-corrected chi connectivity index (χ1v) is 11.5. The third-order valence-electron chi connectivity index (χ3n) is 7.70. The normalized spacial score (nSPS) is 39.1. The smallest absolute Gasteiger partial charge is 0.330 e. The van der Waals surface area contributed by atoms with Crippen LogP contribution in [0.1, 0.15) is 52.9 Å². The Balaban J connectivity index is 1.79. The fourth-order valence-electron chi connectivity index (χ4n) is 6.36. The predicted molar refractivity (Wildman–Crippen MR) is 115 cm³/mol. The van der Waals surface area contributed by atoms with E-state index < -0.39 is 11.7 Å². The zero-order chi connectivity index (χ0) is 22.9. The number of fused-ring (bicyclic) bond motifs is 3. The summed E-state index contributed by atoms with van der Waals surface area (Å²) in [5.74, 6) is -1.46. The molecule has 0 heterocycles. The van der Waals surface area contributed by atoms with Crippen LogP contribution < -0.4 is 0 Å². The molecule has 0 aromatic heterocycles. The molecule has 174 valence electrons. The van der Waals surface area contributed by atoms with Crippen molar-refractivity contribution in [2.75, 3.05) is 27.2 Å². The van der Waals surface area contributed by atoms with Crippen LogP contribution in [0.3, 0.4) is 0 Å². The number of rotatable bonds is 5. The Morgan fingerprint density at radius 1 is 1.26 bits per heavy atom. The van der Waals surface area contributed by atoms with E-state index in [9.17, 15) is 19.5 Å². The molecule has 1 N–H and O–H groups in total. The molecule has 0 bridgehead atoms. The fourth-order valence-corrected chi connectivity index (χ4v) is 6.36. The summed E-state index contributed by atoms with van der Waals surface area (Å²) in [6.45, 7) is 6.21. The minimum atomic E-state index is -1.15. The Bertz CT molecular complexity index is 746. The SMILES string of the molecule is CC(=O)OC1(C)CCCC2C3CCC(=CC(=O)OCCN(C)C)C(C)C3C(=O)C(O)C21. The van der Waals surface area contributed by atoms with Gasteiger partial charge in [0, 0.05) is 31.4 Å². The second-order valence-electron chi connectivity index (χ2n) is 10.0. The maximum absolute atomic E-state index is 13.3. The highest BCUT2D eigenvalue weighted by Gasteiger charge is 2.60. The van der Waals surface area contributed by atoms with Crippen molar-refractivity contribution in [2.24, 2.45) is 29.6 Å². The van der Waals surface area contributed by atoms with Gasteiger partial charge in [-0.2, -0.15) is 0 Å². The van der Waals surface area contributed by atoms with E-state index in [4.69, 9.17) is 9.47 Å². The molecular formula is C24H37NO6. The van der Waals surface area contributed by atoms with Gasteiger partial charge >= 0.3 is 11.9 Å². The number of carbonyl (C=O) groups is 3. The van der Waals surface area contributed by atoms with E-state index in [1.807, 2.05) is 32.8 Å². The number of ether oxygens (including phenoxy) is 2. The van der Waals surface area contributed by atoms with Gasteiger partial charge in [-0.25, -0.2) is 4.79 Å². The van der Waals surface area contributed by atoms with Gasteiger partial charge in [-0.3, -0.25) is 9.59 Å². The number of aliphatic hydroxyl groups is 1. The molecule has 0 amide bonds. The minimum Gasteiger partial charge on any atom is -0.461 e. The van der Waals surface area contributed by atoms with E-state index >= 15 is 0 Å². The van der Waals surface area contributed by atoms with Crippen LogP contribution in [0.15, 0.2) is 11.6 Å². The van der Waals surface area contributed by atoms with Crippen LogP contribution >= 0.6 is 0 Å². The Morgan fingerprint density at radius 2 is 1.97 bits per heavy atom. The third kappa shape index (κ3) is 4.87. The second-order valence-corrected chi connectivity index (χ2v) is 10.0. The van der Waals surface area contributed by atoms with Gasteiger partial charge in [0.2, 0.25) is 0 Å². The molecule has 0 spiro atoms. The monoisotopic (exact) mass is 435 g/mol. The molecular weight excluding hydrogens is 398 g/mol. The van der Waals surface area contributed by atoms with Crippen LogP contribution in [-0.2, 0) is 23.9 Å². The molecule has 3 rings (SSSR count). The van der Waals surface area contributed by atoms with Crippen LogP contribution in [0.25, 0.3) is 0 Å². The van der Waals surface area contributed by atoms with E-state index in [1.54, 1.807) is 6.08 Å². The van der Waals surface area contributed by atoms with Crippen molar-refractivity contribution >= 4 is 17.7 Å². The summed E-state index contributed by atoms with van der Waals surface area (Å²) < 4.78 is 11.0. The Labute approximate surface area is 185 Å². The summed E-state index contributed by atoms with van der Waals surface area (Å²) >= 11 is 0. The van der Waals surface area contributed by atoms with E-state index in [0.29, 0.717) is 19.6 Å². The standard InChI is InChI=1S/C24H37NO6/c1-14-16(13-19(27)30-12-11-25(4)5)8-9-17-18-7-6-10-24(3,31-15(2)26)21(18)23(29)22(28)20(14)17/h13-14,17-18,20-21,23,29H,6-12H2,1-5H3. The molecule has 31 heavy (non-hydrogen) atoms. The molecule has 7 unspecified atom stereocenters. The summed E-state index contributed by atoms with van der Waals surface area (Å²) in [6.07, 6.45) is 4.42. The molecule has 3 saturated carbocycles. The molecule has 7 nitrogen and oxygen atoms in total. The molecule has 0 aromatic rings. The first kappa shape index (κ1) is 23.9. The number of ketones is 1. The maximum atomic E-state index is 13.3. The Morgan fingerprint density at radius 3 is 2.61 bits per heavy atom. The van der Waals surface area contributed by atoms with Crippen molar-refractivity contribution in [3.05, 3.63) is 11.6 Å². The lowest BCUT2D eigenvalue weighted by Gasteiger charge is -2.56. The molecule has 3 aliphatic carbocycles. The van der Waals surface area contributed by atoms with Crippen LogP contribution in [0.5, 0.6) is 0 Å². The summed E-state index contributed by atoms with van der Waals surface area (Å²) in [5, 5.41) is 11.1. The van der Waals surface area contributed by atoms with Crippen molar-refractivity contribution < 1.29 is 29.0 Å². The molecule has 3 fully saturated rings. The number of esters is 2. The molecule has 7 heteroatoms. The first-order valence-electron chi connectivity index (χ1n) is 11.5. The van der Waals surface area contributed by atoms with E-state index in [2.05, 4.69) is 0 Å². The van der Waals surface area contributed by atoms with Crippen molar-refractivity contribution in [1.82, 2.24) is 4.90 Å². The quantitative estimate of drug-likeness (QED) is 0.523. The zero-order valence-corrected chi connectivity index (χ0v) is 19.4. The van der Waals surface area contributed by atoms with Gasteiger partial charge in [0.1, 0.15) is 18.3 Å². The van der Waals surface area contributed by atoms with Gasteiger partial charge < -0.3 is 19.5 Å². The second kappa shape index (κ2) is 9.41. The molecule has 0 aliphatic heterocycles. The topological polar surface area (TPSA) is 93.1 Å². The molecule has 0 radical (unpaired) electrons. The lowest BCUT2D eigenvalue weighted by molar-refractivity contribution is -0.197. The predicted octanol–water partition coefficient (Wildman–Crippen LogP) is 2.36. The van der Waals surface area contributed by atoms with Crippen LogP contribution in [-0.4, -0.2) is 66.7 Å². The number of hydrogen-bond donors (Lipinski definition) is 1. The van der Waals surface area contributed by atoms with E-state index in [-0.39, 0.29) is 47.3 Å². The Hall–Kier alpha value is -1.73. The summed E-state index contributed by atoms with van der Waals surface area (Å²) in [5.41, 5.74) is 0.110. The summed E-state index contributed by atoms with van der Waals surface area (Å²) in [6, 6.07) is 0. The number of aliphatic hydroxyl groups excluding tert-OH is 1. The minimum absolute atomic E-state index is 0.120. The average Bonchev–Trinajstić information content (AvgIpc) is 2.66. The molecule has 0 aromatic carbocycles. The van der Waals surface area contributed by atoms with Gasteiger partial charge in [0.05, 0.1) is 0 Å². The van der Waals surface area contributed by atoms with Gasteiger partial charge in [-0.15, -0.1) is 0 Å². The van der Waals surface area contributed by atoms with Crippen LogP contribution in [0.2, 0.25) is 0 Å². The number of hydrogen-bond acceptors (Lipinski definition) is 7. The van der Waals surface area contributed by atoms with Crippen LogP contribution in [0, 0.1) is 29.6 Å². The van der Waals surface area contributed by atoms with Crippen molar-refractivity contribution in [3.63, 3.8) is 0 Å². The number of allylic oxidation sites excluding steroid dienone is 1. The maximum Gasteiger partial charge on any atom is 0.330 e. The van der Waals surface area contributed by atoms with E-state index in [1.165, 1.54) is 6.92 Å².